The van der Waals surface area contributed by atoms with Gasteiger partial charge in [-0.2, -0.15) is 0 Å². The molecule has 0 radical (unpaired) electrons. The Balaban J connectivity index is 1.96. The van der Waals surface area contributed by atoms with Crippen LogP contribution in [0.15, 0.2) is 11.3 Å². The molecule has 3 amide bonds. The molecule has 7 heteroatoms. The molecule has 2 atom stereocenters. The number of imide groups is 1. The maximum absolute atomic E-state index is 12.6. The summed E-state index contributed by atoms with van der Waals surface area (Å²) in [7, 11) is 0. The molecule has 0 aromatic carbocycles. The zero-order valence-corrected chi connectivity index (χ0v) is 8.83. The lowest BCUT2D eigenvalue weighted by atomic mass is 9.93. The van der Waals surface area contributed by atoms with Crippen LogP contribution in [0.1, 0.15) is 19.3 Å². The van der Waals surface area contributed by atoms with Gasteiger partial charge in [0.1, 0.15) is 11.8 Å². The molecule has 1 aliphatic heterocycles. The summed E-state index contributed by atoms with van der Waals surface area (Å²) in [5.74, 6) is -2.19. The van der Waals surface area contributed by atoms with E-state index < -0.39 is 29.8 Å². The van der Waals surface area contributed by atoms with Crippen LogP contribution in [0.2, 0.25) is 0 Å². The fraction of sp³-hybridized carbons (Fsp3) is 0.500. The van der Waals surface area contributed by atoms with Crippen molar-refractivity contribution < 1.29 is 23.9 Å². The molecular weight excluding hydrogens is 231 g/mol. The maximum Gasteiger partial charge on any atom is 0.251 e. The van der Waals surface area contributed by atoms with Crippen molar-refractivity contribution in [1.82, 2.24) is 10.6 Å². The quantitative estimate of drug-likeness (QED) is 0.567. The summed E-state index contributed by atoms with van der Waals surface area (Å²) in [5.41, 5.74) is -0.0396. The van der Waals surface area contributed by atoms with Crippen molar-refractivity contribution in [3.8, 4) is 0 Å². The van der Waals surface area contributed by atoms with Crippen LogP contribution in [-0.2, 0) is 14.4 Å². The Hall–Kier alpha value is -1.92. The van der Waals surface area contributed by atoms with E-state index in [2.05, 4.69) is 10.6 Å². The van der Waals surface area contributed by atoms with E-state index in [-0.39, 0.29) is 30.7 Å². The second-order valence-electron chi connectivity index (χ2n) is 4.01. The molecule has 2 rings (SSSR count). The molecule has 1 saturated heterocycles. The third kappa shape index (κ3) is 2.13. The van der Waals surface area contributed by atoms with Crippen molar-refractivity contribution in [2.24, 2.45) is 0 Å². The number of rotatable bonds is 2. The van der Waals surface area contributed by atoms with Gasteiger partial charge in [-0.05, 0) is 6.42 Å². The minimum atomic E-state index is -1.49. The SMILES string of the molecule is O=C1CCC(NC(=O)C2=C(O)[C@H](F)C2)C(=O)N1. The normalized spacial score (nSPS) is 28.5. The van der Waals surface area contributed by atoms with Gasteiger partial charge in [-0.3, -0.25) is 19.7 Å². The van der Waals surface area contributed by atoms with E-state index in [1.807, 2.05) is 0 Å². The Labute approximate surface area is 95.9 Å². The van der Waals surface area contributed by atoms with Crippen LogP contribution in [0.25, 0.3) is 0 Å². The third-order valence-electron chi connectivity index (χ3n) is 2.81. The Kier molecular flexibility index (Phi) is 2.83. The highest BCUT2D eigenvalue weighted by Gasteiger charge is 2.36. The number of aliphatic hydroxyl groups is 1. The van der Waals surface area contributed by atoms with Gasteiger partial charge in [-0.15, -0.1) is 0 Å². The number of aliphatic hydroxyl groups excluding tert-OH is 1. The lowest BCUT2D eigenvalue weighted by molar-refractivity contribution is -0.136. The van der Waals surface area contributed by atoms with Gasteiger partial charge in [-0.1, -0.05) is 0 Å². The molecule has 0 aromatic heterocycles. The van der Waals surface area contributed by atoms with Gasteiger partial charge in [0.05, 0.1) is 5.57 Å². The molecule has 1 fully saturated rings. The molecule has 1 heterocycles. The van der Waals surface area contributed by atoms with Gasteiger partial charge < -0.3 is 10.4 Å². The third-order valence-corrected chi connectivity index (χ3v) is 2.81. The van der Waals surface area contributed by atoms with E-state index in [9.17, 15) is 18.8 Å². The van der Waals surface area contributed by atoms with Crippen LogP contribution >= 0.6 is 0 Å². The molecule has 0 saturated carbocycles. The number of piperidine rings is 1. The summed E-state index contributed by atoms with van der Waals surface area (Å²) < 4.78 is 12.6. The van der Waals surface area contributed by atoms with E-state index in [0.717, 1.165) is 0 Å². The topological polar surface area (TPSA) is 95.5 Å². The molecule has 17 heavy (non-hydrogen) atoms. The molecule has 6 nitrogen and oxygen atoms in total. The predicted molar refractivity (Wildman–Crippen MR) is 53.5 cm³/mol. The molecule has 1 aliphatic carbocycles. The lowest BCUT2D eigenvalue weighted by Crippen LogP contribution is -2.53. The summed E-state index contributed by atoms with van der Waals surface area (Å²) in [6, 6.07) is -0.806. The van der Waals surface area contributed by atoms with Crippen LogP contribution < -0.4 is 10.6 Å². The van der Waals surface area contributed by atoms with Crippen LogP contribution in [0.5, 0.6) is 0 Å². The van der Waals surface area contributed by atoms with Crippen molar-refractivity contribution in [3.63, 3.8) is 0 Å². The average molecular weight is 242 g/mol. The standard InChI is InChI=1S/C10H11FN2O4/c11-5-3-4(8(5)15)9(16)12-6-1-2-7(14)13-10(6)17/h5-6,15H,1-3H2,(H,12,16)(H,13,14,17)/t5-,6?/m1/s1. The molecule has 0 spiro atoms. The van der Waals surface area contributed by atoms with Crippen molar-refractivity contribution in [3.05, 3.63) is 11.3 Å². The predicted octanol–water partition coefficient (Wildman–Crippen LogP) is -0.538. The first-order valence-electron chi connectivity index (χ1n) is 5.19. The van der Waals surface area contributed by atoms with Gasteiger partial charge >= 0.3 is 0 Å². The highest BCUT2D eigenvalue weighted by Crippen LogP contribution is 2.29. The fourth-order valence-corrected chi connectivity index (χ4v) is 1.72. The van der Waals surface area contributed by atoms with Gasteiger partial charge in [0.15, 0.2) is 6.17 Å². The lowest BCUT2D eigenvalue weighted by Gasteiger charge is -2.26. The van der Waals surface area contributed by atoms with Crippen LogP contribution in [0.4, 0.5) is 4.39 Å². The van der Waals surface area contributed by atoms with Crippen molar-refractivity contribution in [1.29, 1.82) is 0 Å². The van der Waals surface area contributed by atoms with Crippen LogP contribution in [-0.4, -0.2) is 35.0 Å². The Morgan fingerprint density at radius 3 is 2.71 bits per heavy atom. The number of alkyl halides is 1. The van der Waals surface area contributed by atoms with Gasteiger partial charge in [0.2, 0.25) is 11.8 Å². The zero-order chi connectivity index (χ0) is 12.6. The van der Waals surface area contributed by atoms with Crippen LogP contribution in [0, 0.1) is 0 Å². The maximum atomic E-state index is 12.6. The molecule has 0 aromatic rings. The minimum Gasteiger partial charge on any atom is -0.509 e. The van der Waals surface area contributed by atoms with Crippen LogP contribution in [0.3, 0.4) is 0 Å². The molecule has 1 unspecified atom stereocenters. The zero-order valence-electron chi connectivity index (χ0n) is 8.83. The van der Waals surface area contributed by atoms with E-state index >= 15 is 0 Å². The molecule has 92 valence electrons. The number of hydrogen-bond donors (Lipinski definition) is 3. The summed E-state index contributed by atoms with van der Waals surface area (Å²) in [5, 5.41) is 13.5. The van der Waals surface area contributed by atoms with Gasteiger partial charge in [-0.25, -0.2) is 4.39 Å². The first kappa shape index (κ1) is 11.6. The fourth-order valence-electron chi connectivity index (χ4n) is 1.72. The second-order valence-corrected chi connectivity index (χ2v) is 4.01. The van der Waals surface area contributed by atoms with Crippen molar-refractivity contribution in [2.45, 2.75) is 31.5 Å². The first-order chi connectivity index (χ1) is 7.99. The Morgan fingerprint density at radius 1 is 1.47 bits per heavy atom. The highest BCUT2D eigenvalue weighted by molar-refractivity contribution is 6.04. The minimum absolute atomic E-state index is 0.0396. The molecular formula is C10H11FN2O4. The van der Waals surface area contributed by atoms with Crippen molar-refractivity contribution in [2.75, 3.05) is 0 Å². The summed E-state index contributed by atoms with van der Waals surface area (Å²) in [6.45, 7) is 0. The number of hydrogen-bond acceptors (Lipinski definition) is 4. The number of amides is 3. The molecule has 0 bridgehead atoms. The Bertz CT molecular complexity index is 432. The van der Waals surface area contributed by atoms with Gasteiger partial charge in [0, 0.05) is 12.8 Å². The summed E-state index contributed by atoms with van der Waals surface area (Å²) >= 11 is 0. The monoisotopic (exact) mass is 242 g/mol. The van der Waals surface area contributed by atoms with E-state index in [4.69, 9.17) is 5.11 Å². The Morgan fingerprint density at radius 2 is 2.18 bits per heavy atom. The number of halogens is 1. The number of carbonyl (C=O) groups excluding carboxylic acids is 3. The average Bonchev–Trinajstić information content (AvgIpc) is 2.29. The highest BCUT2D eigenvalue weighted by atomic mass is 19.1. The smallest absolute Gasteiger partial charge is 0.251 e. The van der Waals surface area contributed by atoms with Gasteiger partial charge in [0.25, 0.3) is 5.91 Å². The summed E-state index contributed by atoms with van der Waals surface area (Å²) in [4.78, 5) is 33.7. The molecule has 3 N–H and O–H groups in total. The second kappa shape index (κ2) is 4.15. The number of allylic oxidation sites excluding steroid dienone is 1. The van der Waals surface area contributed by atoms with E-state index in [1.165, 1.54) is 0 Å². The largest absolute Gasteiger partial charge is 0.509 e. The summed E-state index contributed by atoms with van der Waals surface area (Å²) in [6.07, 6.45) is -1.28. The van der Waals surface area contributed by atoms with E-state index in [0.29, 0.717) is 0 Å². The van der Waals surface area contributed by atoms with E-state index in [1.54, 1.807) is 0 Å². The molecule has 2 aliphatic rings. The van der Waals surface area contributed by atoms with Crippen molar-refractivity contribution >= 4 is 17.7 Å². The number of carbonyl (C=O) groups is 3. The first-order valence-corrected chi connectivity index (χ1v) is 5.19. The number of nitrogens with one attached hydrogen (secondary N) is 2.